The first-order valence-electron chi connectivity index (χ1n) is 8.60. The Morgan fingerprint density at radius 1 is 1.33 bits per heavy atom. The fourth-order valence-corrected chi connectivity index (χ4v) is 4.61. The number of rotatable bonds is 2. The lowest BCUT2D eigenvalue weighted by atomic mass is 9.78. The van der Waals surface area contributed by atoms with Crippen LogP contribution < -0.4 is 0 Å². The number of carbonyl (C=O) groups excluding carboxylic acids is 1. The van der Waals surface area contributed by atoms with Crippen molar-refractivity contribution < 1.29 is 9.90 Å². The fraction of sp³-hybridized carbons (Fsp3) is 0.632. The van der Waals surface area contributed by atoms with Gasteiger partial charge < -0.3 is 10.0 Å². The van der Waals surface area contributed by atoms with Crippen LogP contribution in [0.25, 0.3) is 0 Å². The molecule has 1 amide bonds. The van der Waals surface area contributed by atoms with Crippen molar-refractivity contribution in [2.75, 3.05) is 26.7 Å². The van der Waals surface area contributed by atoms with E-state index in [4.69, 9.17) is 0 Å². The fourth-order valence-electron chi connectivity index (χ4n) is 3.70. The molecular formula is C19H26N2O2S. The largest absolute Gasteiger partial charge is 0.378 e. The summed E-state index contributed by atoms with van der Waals surface area (Å²) in [5, 5.41) is 9.69. The molecule has 3 heterocycles. The van der Waals surface area contributed by atoms with Gasteiger partial charge in [0.15, 0.2) is 0 Å². The van der Waals surface area contributed by atoms with Crippen molar-refractivity contribution in [3.8, 4) is 11.8 Å². The Hall–Kier alpha value is -1.35. The van der Waals surface area contributed by atoms with Gasteiger partial charge in [0.2, 0.25) is 5.91 Å². The third-order valence-corrected chi connectivity index (χ3v) is 5.90. The second-order valence-electron chi connectivity index (χ2n) is 7.65. The van der Waals surface area contributed by atoms with Crippen LogP contribution >= 0.6 is 11.3 Å². The molecule has 1 aromatic heterocycles. The highest BCUT2D eigenvalue weighted by molar-refractivity contribution is 7.12. The lowest BCUT2D eigenvalue weighted by Crippen LogP contribution is -2.48. The molecule has 0 aromatic carbocycles. The maximum absolute atomic E-state index is 12.6. The van der Waals surface area contributed by atoms with Gasteiger partial charge >= 0.3 is 0 Å². The van der Waals surface area contributed by atoms with Crippen LogP contribution in [0.4, 0.5) is 0 Å². The number of aliphatic hydroxyl groups is 1. The van der Waals surface area contributed by atoms with E-state index in [2.05, 4.69) is 22.8 Å². The number of thiophene rings is 1. The monoisotopic (exact) mass is 346 g/mol. The smallest absolute Gasteiger partial charge is 0.229 e. The first-order valence-corrected chi connectivity index (χ1v) is 9.41. The minimum atomic E-state index is -0.959. The molecule has 1 spiro atoms. The molecule has 0 radical (unpaired) electrons. The molecule has 2 aliphatic heterocycles. The third-order valence-electron chi connectivity index (χ3n) is 4.91. The van der Waals surface area contributed by atoms with Gasteiger partial charge in [-0.3, -0.25) is 9.69 Å². The van der Waals surface area contributed by atoms with E-state index in [1.807, 2.05) is 18.0 Å². The lowest BCUT2D eigenvalue weighted by molar-refractivity contribution is -0.143. The van der Waals surface area contributed by atoms with Crippen LogP contribution in [0.3, 0.4) is 0 Å². The van der Waals surface area contributed by atoms with Gasteiger partial charge in [-0.05, 0) is 51.8 Å². The predicted octanol–water partition coefficient (Wildman–Crippen LogP) is 2.31. The van der Waals surface area contributed by atoms with Crippen LogP contribution in [-0.2, 0) is 11.3 Å². The molecule has 130 valence electrons. The topological polar surface area (TPSA) is 43.8 Å². The Morgan fingerprint density at radius 2 is 2.12 bits per heavy atom. The van der Waals surface area contributed by atoms with Crippen molar-refractivity contribution in [2.24, 2.45) is 5.41 Å². The second-order valence-corrected chi connectivity index (χ2v) is 8.81. The van der Waals surface area contributed by atoms with Crippen molar-refractivity contribution in [3.63, 3.8) is 0 Å². The van der Waals surface area contributed by atoms with E-state index in [-0.39, 0.29) is 5.41 Å². The van der Waals surface area contributed by atoms with E-state index < -0.39 is 5.60 Å². The quantitative estimate of drug-likeness (QED) is 0.836. The summed E-state index contributed by atoms with van der Waals surface area (Å²) in [6.07, 6.45) is 3.12. The van der Waals surface area contributed by atoms with Crippen molar-refractivity contribution in [3.05, 3.63) is 21.9 Å². The zero-order valence-electron chi connectivity index (χ0n) is 14.8. The van der Waals surface area contributed by atoms with Crippen LogP contribution in [0.2, 0.25) is 0 Å². The summed E-state index contributed by atoms with van der Waals surface area (Å²) in [6.45, 7) is 7.02. The van der Waals surface area contributed by atoms with Crippen molar-refractivity contribution in [2.45, 2.75) is 45.3 Å². The Balaban J connectivity index is 1.63. The van der Waals surface area contributed by atoms with Gasteiger partial charge in [0, 0.05) is 31.6 Å². The molecule has 0 aliphatic carbocycles. The highest BCUT2D eigenvalue weighted by Gasteiger charge is 2.47. The molecule has 1 N–H and O–H groups in total. The van der Waals surface area contributed by atoms with Crippen LogP contribution in [0, 0.1) is 17.3 Å². The molecule has 0 saturated carbocycles. The summed E-state index contributed by atoms with van der Waals surface area (Å²) < 4.78 is 0. The second kappa shape index (κ2) is 6.51. The average molecular weight is 346 g/mol. The van der Waals surface area contributed by atoms with Gasteiger partial charge in [-0.15, -0.1) is 11.3 Å². The van der Waals surface area contributed by atoms with Gasteiger partial charge in [-0.1, -0.05) is 11.8 Å². The molecule has 2 aliphatic rings. The number of amides is 1. The van der Waals surface area contributed by atoms with E-state index in [1.165, 1.54) is 4.88 Å². The van der Waals surface area contributed by atoms with Gasteiger partial charge in [-0.2, -0.15) is 0 Å². The molecular weight excluding hydrogens is 320 g/mol. The Bertz CT molecular complexity index is 680. The minimum absolute atomic E-state index is 0.145. The van der Waals surface area contributed by atoms with Crippen molar-refractivity contribution >= 4 is 17.2 Å². The van der Waals surface area contributed by atoms with E-state index in [9.17, 15) is 9.90 Å². The summed E-state index contributed by atoms with van der Waals surface area (Å²) in [6, 6.07) is 4.13. The molecule has 1 unspecified atom stereocenters. The molecule has 1 aromatic rings. The first kappa shape index (κ1) is 17.5. The number of nitrogens with zero attached hydrogens (tertiary/aromatic N) is 2. The van der Waals surface area contributed by atoms with Gasteiger partial charge in [-0.25, -0.2) is 0 Å². The van der Waals surface area contributed by atoms with Crippen molar-refractivity contribution in [1.82, 2.24) is 9.80 Å². The molecule has 0 bridgehead atoms. The van der Waals surface area contributed by atoms with E-state index in [0.717, 1.165) is 50.3 Å². The van der Waals surface area contributed by atoms with Crippen LogP contribution in [0.1, 0.15) is 42.9 Å². The molecule has 5 heteroatoms. The Morgan fingerprint density at radius 3 is 2.88 bits per heavy atom. The maximum atomic E-state index is 12.6. The van der Waals surface area contributed by atoms with Crippen molar-refractivity contribution in [1.29, 1.82) is 0 Å². The van der Waals surface area contributed by atoms with Crippen LogP contribution in [-0.4, -0.2) is 53.1 Å². The number of hydrogen-bond donors (Lipinski definition) is 1. The van der Waals surface area contributed by atoms with E-state index >= 15 is 0 Å². The summed E-state index contributed by atoms with van der Waals surface area (Å²) in [5.74, 6) is 6.23. The van der Waals surface area contributed by atoms with Crippen LogP contribution in [0.5, 0.6) is 0 Å². The minimum Gasteiger partial charge on any atom is -0.378 e. The number of hydrogen-bond acceptors (Lipinski definition) is 4. The maximum Gasteiger partial charge on any atom is 0.229 e. The third kappa shape index (κ3) is 3.83. The van der Waals surface area contributed by atoms with Gasteiger partial charge in [0.25, 0.3) is 0 Å². The van der Waals surface area contributed by atoms with E-state index in [1.54, 1.807) is 25.2 Å². The zero-order chi connectivity index (χ0) is 17.4. The number of likely N-dealkylation sites (tertiary alicyclic amines) is 2. The van der Waals surface area contributed by atoms with E-state index in [0.29, 0.717) is 5.91 Å². The zero-order valence-corrected chi connectivity index (χ0v) is 15.6. The number of piperidine rings is 1. The molecule has 4 nitrogen and oxygen atoms in total. The molecule has 1 atom stereocenters. The lowest BCUT2D eigenvalue weighted by Gasteiger charge is -2.37. The predicted molar refractivity (Wildman–Crippen MR) is 96.7 cm³/mol. The summed E-state index contributed by atoms with van der Waals surface area (Å²) in [5.41, 5.74) is -1.10. The Labute approximate surface area is 148 Å². The first-order chi connectivity index (χ1) is 11.3. The Kier molecular flexibility index (Phi) is 4.74. The SMILES string of the molecule is CN1CCCC2(CCN(Cc3ccc(C#CC(C)(C)O)s3)C2)C1=O. The summed E-state index contributed by atoms with van der Waals surface area (Å²) in [4.78, 5) is 19.1. The molecule has 24 heavy (non-hydrogen) atoms. The molecule has 2 saturated heterocycles. The van der Waals surface area contributed by atoms with Crippen LogP contribution in [0.15, 0.2) is 12.1 Å². The number of carbonyl (C=O) groups is 1. The normalized spacial score (nSPS) is 25.2. The summed E-state index contributed by atoms with van der Waals surface area (Å²) in [7, 11) is 1.93. The highest BCUT2D eigenvalue weighted by Crippen LogP contribution is 2.40. The van der Waals surface area contributed by atoms with Gasteiger partial charge in [0.1, 0.15) is 5.60 Å². The highest BCUT2D eigenvalue weighted by atomic mass is 32.1. The average Bonchev–Trinajstić information content (AvgIpc) is 3.11. The summed E-state index contributed by atoms with van der Waals surface area (Å²) >= 11 is 1.68. The molecule has 2 fully saturated rings. The molecule has 3 rings (SSSR count). The van der Waals surface area contributed by atoms with Gasteiger partial charge in [0.05, 0.1) is 10.3 Å². The standard InChI is InChI=1S/C19H26N2O2S/c1-18(2,23)9-7-15-5-6-16(24-15)13-21-12-10-19(14-21)8-4-11-20(3)17(19)22/h5-6,23H,4,8,10-14H2,1-3H3.